The van der Waals surface area contributed by atoms with Gasteiger partial charge in [0.05, 0.1) is 11.6 Å². The van der Waals surface area contributed by atoms with E-state index in [2.05, 4.69) is 5.32 Å². The highest BCUT2D eigenvalue weighted by atomic mass is 16.5. The van der Waals surface area contributed by atoms with E-state index in [9.17, 15) is 19.8 Å². The predicted molar refractivity (Wildman–Crippen MR) is 60.7 cm³/mol. The molecule has 3 atom stereocenters. The summed E-state index contributed by atoms with van der Waals surface area (Å²) in [7, 11) is 0. The molecule has 1 fully saturated rings. The first-order valence-corrected chi connectivity index (χ1v) is 5.48. The van der Waals surface area contributed by atoms with Crippen LogP contribution in [0, 0.1) is 0 Å². The smallest absolute Gasteiger partial charge is 0.338 e. The molecule has 3 N–H and O–H groups in total. The van der Waals surface area contributed by atoms with Crippen molar-refractivity contribution < 1.29 is 24.5 Å². The highest BCUT2D eigenvalue weighted by molar-refractivity contribution is 5.89. The van der Waals surface area contributed by atoms with Gasteiger partial charge in [-0.2, -0.15) is 0 Å². The number of rotatable bonds is 3. The van der Waals surface area contributed by atoms with Crippen LogP contribution < -0.4 is 5.32 Å². The van der Waals surface area contributed by atoms with Gasteiger partial charge in [-0.1, -0.05) is 18.2 Å². The second-order valence-electron chi connectivity index (χ2n) is 4.01. The van der Waals surface area contributed by atoms with Gasteiger partial charge in [0.2, 0.25) is 0 Å². The molecular weight excluding hydrogens is 238 g/mol. The van der Waals surface area contributed by atoms with Crippen LogP contribution in [0.25, 0.3) is 0 Å². The Kier molecular flexibility index (Phi) is 3.59. The molecule has 0 bridgehead atoms. The van der Waals surface area contributed by atoms with Gasteiger partial charge in [0.25, 0.3) is 5.91 Å². The van der Waals surface area contributed by atoms with Crippen molar-refractivity contribution in [3.05, 3.63) is 35.9 Å². The number of aliphatic hydroxyl groups excluding tert-OH is 2. The van der Waals surface area contributed by atoms with E-state index in [1.54, 1.807) is 30.3 Å². The molecule has 0 aliphatic carbocycles. The lowest BCUT2D eigenvalue weighted by Gasteiger charge is -2.14. The molecule has 0 spiro atoms. The molecule has 1 aromatic rings. The summed E-state index contributed by atoms with van der Waals surface area (Å²) >= 11 is 0. The maximum absolute atomic E-state index is 11.6. The number of amides is 1. The number of ether oxygens (including phenoxy) is 1. The van der Waals surface area contributed by atoms with Gasteiger partial charge in [-0.15, -0.1) is 0 Å². The molecule has 0 aromatic heterocycles. The molecule has 0 radical (unpaired) electrons. The van der Waals surface area contributed by atoms with E-state index in [1.807, 2.05) is 0 Å². The molecule has 0 saturated carbocycles. The van der Waals surface area contributed by atoms with E-state index in [0.29, 0.717) is 5.56 Å². The van der Waals surface area contributed by atoms with E-state index in [-0.39, 0.29) is 6.61 Å². The topological polar surface area (TPSA) is 95.9 Å². The lowest BCUT2D eigenvalue weighted by molar-refractivity contribution is -0.128. The minimum atomic E-state index is -1.47. The first-order valence-electron chi connectivity index (χ1n) is 5.48. The van der Waals surface area contributed by atoms with Crippen LogP contribution in [-0.4, -0.2) is 46.9 Å². The molecule has 1 heterocycles. The van der Waals surface area contributed by atoms with Gasteiger partial charge >= 0.3 is 5.97 Å². The summed E-state index contributed by atoms with van der Waals surface area (Å²) in [6.45, 7) is -0.183. The van der Waals surface area contributed by atoms with Gasteiger partial charge in [0, 0.05) is 0 Å². The summed E-state index contributed by atoms with van der Waals surface area (Å²) in [5, 5.41) is 21.0. The molecule has 2 rings (SSSR count). The highest BCUT2D eigenvalue weighted by Gasteiger charge is 2.40. The Morgan fingerprint density at radius 3 is 2.50 bits per heavy atom. The zero-order valence-electron chi connectivity index (χ0n) is 9.45. The SMILES string of the molecule is O=C(OC[C@@H]1NC(=O)[C@H](O)[C@@H]1O)c1ccccc1. The van der Waals surface area contributed by atoms with Gasteiger partial charge in [-0.25, -0.2) is 4.79 Å². The van der Waals surface area contributed by atoms with Crippen LogP contribution in [0.4, 0.5) is 0 Å². The van der Waals surface area contributed by atoms with Crippen molar-refractivity contribution in [1.29, 1.82) is 0 Å². The summed E-state index contributed by atoms with van der Waals surface area (Å²) in [5.41, 5.74) is 0.386. The number of benzene rings is 1. The van der Waals surface area contributed by atoms with Crippen LogP contribution in [0.2, 0.25) is 0 Å². The average molecular weight is 251 g/mol. The van der Waals surface area contributed by atoms with Crippen molar-refractivity contribution in [3.63, 3.8) is 0 Å². The number of carbonyl (C=O) groups excluding carboxylic acids is 2. The zero-order chi connectivity index (χ0) is 13.1. The van der Waals surface area contributed by atoms with Gasteiger partial charge < -0.3 is 20.3 Å². The van der Waals surface area contributed by atoms with Crippen LogP contribution in [-0.2, 0) is 9.53 Å². The van der Waals surface area contributed by atoms with Crippen LogP contribution in [0.5, 0.6) is 0 Å². The molecule has 96 valence electrons. The number of carbonyl (C=O) groups is 2. The Balaban J connectivity index is 1.89. The molecule has 6 heteroatoms. The maximum atomic E-state index is 11.6. The standard InChI is InChI=1S/C12H13NO5/c14-9-8(13-11(16)10(9)15)6-18-12(17)7-4-2-1-3-5-7/h1-5,8-10,14-15H,6H2,(H,13,16)/t8-,9+,10+/m0/s1. The van der Waals surface area contributed by atoms with E-state index >= 15 is 0 Å². The average Bonchev–Trinajstić information content (AvgIpc) is 2.64. The first-order chi connectivity index (χ1) is 8.59. The molecule has 1 aromatic carbocycles. The fraction of sp³-hybridized carbons (Fsp3) is 0.333. The normalized spacial score (nSPS) is 26.8. The van der Waals surface area contributed by atoms with Gasteiger partial charge in [0.1, 0.15) is 12.7 Å². The van der Waals surface area contributed by atoms with Crippen molar-refractivity contribution in [2.45, 2.75) is 18.2 Å². The quantitative estimate of drug-likeness (QED) is 0.603. The van der Waals surface area contributed by atoms with Gasteiger partial charge in [0.15, 0.2) is 6.10 Å². The third-order valence-corrected chi connectivity index (χ3v) is 2.74. The molecule has 1 aliphatic rings. The van der Waals surface area contributed by atoms with Crippen molar-refractivity contribution in [1.82, 2.24) is 5.32 Å². The third kappa shape index (κ3) is 2.49. The van der Waals surface area contributed by atoms with Crippen molar-refractivity contribution >= 4 is 11.9 Å². The third-order valence-electron chi connectivity index (χ3n) is 2.74. The Labute approximate surface area is 103 Å². The number of esters is 1. The summed E-state index contributed by atoms with van der Waals surface area (Å²) < 4.78 is 4.95. The maximum Gasteiger partial charge on any atom is 0.338 e. The largest absolute Gasteiger partial charge is 0.460 e. The predicted octanol–water partition coefficient (Wildman–Crippen LogP) is -0.936. The fourth-order valence-corrected chi connectivity index (χ4v) is 1.69. The molecular formula is C12H13NO5. The minimum Gasteiger partial charge on any atom is -0.460 e. The van der Waals surface area contributed by atoms with E-state index < -0.39 is 30.1 Å². The Hall–Kier alpha value is -1.92. The molecule has 1 saturated heterocycles. The van der Waals surface area contributed by atoms with E-state index in [1.165, 1.54) is 0 Å². The van der Waals surface area contributed by atoms with Gasteiger partial charge in [-0.05, 0) is 12.1 Å². The number of hydrogen-bond acceptors (Lipinski definition) is 5. The summed E-state index contributed by atoms with van der Waals surface area (Å²) in [6.07, 6.45) is -2.73. The number of aliphatic hydroxyl groups is 2. The first kappa shape index (κ1) is 12.5. The Bertz CT molecular complexity index is 447. The monoisotopic (exact) mass is 251 g/mol. The molecule has 18 heavy (non-hydrogen) atoms. The minimum absolute atomic E-state index is 0.183. The summed E-state index contributed by atoms with van der Waals surface area (Å²) in [6, 6.07) is 7.59. The number of hydrogen-bond donors (Lipinski definition) is 3. The summed E-state index contributed by atoms with van der Waals surface area (Å²) in [4.78, 5) is 22.6. The van der Waals surface area contributed by atoms with Crippen LogP contribution in [0.1, 0.15) is 10.4 Å². The molecule has 1 aliphatic heterocycles. The lowest BCUT2D eigenvalue weighted by Crippen LogP contribution is -2.37. The molecule has 1 amide bonds. The van der Waals surface area contributed by atoms with Crippen LogP contribution >= 0.6 is 0 Å². The van der Waals surface area contributed by atoms with E-state index in [4.69, 9.17) is 4.74 Å². The summed E-state index contributed by atoms with van der Waals surface area (Å²) in [5.74, 6) is -1.21. The fourth-order valence-electron chi connectivity index (χ4n) is 1.69. The second kappa shape index (κ2) is 5.16. The lowest BCUT2D eigenvalue weighted by atomic mass is 10.1. The molecule has 0 unspecified atom stereocenters. The van der Waals surface area contributed by atoms with E-state index in [0.717, 1.165) is 0 Å². The second-order valence-corrected chi connectivity index (χ2v) is 4.01. The zero-order valence-corrected chi connectivity index (χ0v) is 9.45. The Morgan fingerprint density at radius 2 is 1.94 bits per heavy atom. The molecule has 6 nitrogen and oxygen atoms in total. The van der Waals surface area contributed by atoms with Gasteiger partial charge in [-0.3, -0.25) is 4.79 Å². The van der Waals surface area contributed by atoms with Crippen molar-refractivity contribution in [3.8, 4) is 0 Å². The van der Waals surface area contributed by atoms with Crippen molar-refractivity contribution in [2.75, 3.05) is 6.61 Å². The van der Waals surface area contributed by atoms with Crippen molar-refractivity contribution in [2.24, 2.45) is 0 Å². The number of nitrogens with one attached hydrogen (secondary N) is 1. The Morgan fingerprint density at radius 1 is 1.28 bits per heavy atom. The highest BCUT2D eigenvalue weighted by Crippen LogP contribution is 2.10. The van der Waals surface area contributed by atoms with Crippen LogP contribution in [0.15, 0.2) is 30.3 Å². The van der Waals surface area contributed by atoms with Crippen LogP contribution in [0.3, 0.4) is 0 Å².